The largest absolute Gasteiger partial charge is 0.504 e. The first-order valence-electron chi connectivity index (χ1n) is 8.90. The van der Waals surface area contributed by atoms with Crippen LogP contribution >= 0.6 is 0 Å². The van der Waals surface area contributed by atoms with Crippen molar-refractivity contribution in [2.24, 2.45) is 0 Å². The molecule has 0 saturated heterocycles. The molecule has 0 saturated carbocycles. The first-order chi connectivity index (χ1) is 13.3. The minimum absolute atomic E-state index is 0.536. The topological polar surface area (TPSA) is 27.7 Å². The summed E-state index contributed by atoms with van der Waals surface area (Å²) >= 11 is 0. The van der Waals surface area contributed by atoms with Crippen molar-refractivity contribution in [3.8, 4) is 11.5 Å². The normalized spacial score (nSPS) is 10.7. The molecule has 27 heavy (non-hydrogen) atoms. The van der Waals surface area contributed by atoms with Crippen LogP contribution in [0.1, 0.15) is 22.3 Å². The molecule has 0 radical (unpaired) electrons. The summed E-state index contributed by atoms with van der Waals surface area (Å²) in [6, 6.07) is 24.6. The molecule has 0 unspecified atom stereocenters. The second-order valence-corrected chi connectivity index (χ2v) is 6.20. The molecular formula is C24H24O3. The fourth-order valence-corrected chi connectivity index (χ4v) is 2.80. The van der Waals surface area contributed by atoms with Crippen molar-refractivity contribution in [2.75, 3.05) is 14.2 Å². The maximum absolute atomic E-state index is 6.16. The van der Waals surface area contributed by atoms with Crippen LogP contribution in [-0.4, -0.2) is 14.2 Å². The van der Waals surface area contributed by atoms with Gasteiger partial charge in [-0.25, -0.2) is 0 Å². The average molecular weight is 360 g/mol. The standard InChI is InChI=1S/C24H24O3/c1-25-15-14-20-8-11-22(16-19-9-12-23(26-2)13-10-19)24(17-20)27-18-21-6-4-3-5-7-21/h3-15,17H,16,18H2,1-2H3/b15-14-. The highest BCUT2D eigenvalue weighted by molar-refractivity contribution is 5.54. The maximum atomic E-state index is 6.16. The fraction of sp³-hybridized carbons (Fsp3) is 0.167. The van der Waals surface area contributed by atoms with Gasteiger partial charge in [0.15, 0.2) is 0 Å². The summed E-state index contributed by atoms with van der Waals surface area (Å²) in [5.41, 5.74) is 4.54. The Morgan fingerprint density at radius 3 is 2.30 bits per heavy atom. The van der Waals surface area contributed by atoms with E-state index in [1.54, 1.807) is 20.5 Å². The summed E-state index contributed by atoms with van der Waals surface area (Å²) in [5.74, 6) is 1.74. The lowest BCUT2D eigenvalue weighted by Gasteiger charge is -2.13. The van der Waals surface area contributed by atoms with Crippen molar-refractivity contribution in [2.45, 2.75) is 13.0 Å². The summed E-state index contributed by atoms with van der Waals surface area (Å²) < 4.78 is 16.4. The van der Waals surface area contributed by atoms with Crippen LogP contribution < -0.4 is 9.47 Å². The Labute approximate surface area is 160 Å². The third-order valence-corrected chi connectivity index (χ3v) is 4.28. The van der Waals surface area contributed by atoms with Gasteiger partial charge in [-0.2, -0.15) is 0 Å². The molecule has 0 N–H and O–H groups in total. The van der Waals surface area contributed by atoms with Gasteiger partial charge in [-0.15, -0.1) is 0 Å². The van der Waals surface area contributed by atoms with E-state index in [4.69, 9.17) is 14.2 Å². The quantitative estimate of drug-likeness (QED) is 0.498. The molecule has 0 aliphatic rings. The zero-order chi connectivity index (χ0) is 18.9. The van der Waals surface area contributed by atoms with Gasteiger partial charge in [0.2, 0.25) is 0 Å². The van der Waals surface area contributed by atoms with Crippen molar-refractivity contribution in [3.05, 3.63) is 101 Å². The fourth-order valence-electron chi connectivity index (χ4n) is 2.80. The highest BCUT2D eigenvalue weighted by Crippen LogP contribution is 2.26. The smallest absolute Gasteiger partial charge is 0.123 e. The van der Waals surface area contributed by atoms with Gasteiger partial charge in [0.25, 0.3) is 0 Å². The van der Waals surface area contributed by atoms with Gasteiger partial charge in [-0.3, -0.25) is 0 Å². The minimum atomic E-state index is 0.536. The SMILES string of the molecule is CO/C=C\c1ccc(Cc2ccc(OC)cc2)c(OCc2ccccc2)c1. The lowest BCUT2D eigenvalue weighted by atomic mass is 10.0. The Morgan fingerprint density at radius 2 is 1.59 bits per heavy atom. The Balaban J connectivity index is 1.82. The van der Waals surface area contributed by atoms with Crippen LogP contribution in [-0.2, 0) is 17.8 Å². The third kappa shape index (κ3) is 5.38. The highest BCUT2D eigenvalue weighted by atomic mass is 16.5. The van der Waals surface area contributed by atoms with Crippen LogP contribution in [0.15, 0.2) is 79.1 Å². The van der Waals surface area contributed by atoms with E-state index in [0.717, 1.165) is 34.6 Å². The van der Waals surface area contributed by atoms with Gasteiger partial charge in [0.1, 0.15) is 18.1 Å². The van der Waals surface area contributed by atoms with E-state index in [1.807, 2.05) is 36.4 Å². The van der Waals surface area contributed by atoms with Crippen molar-refractivity contribution in [1.82, 2.24) is 0 Å². The number of benzene rings is 3. The number of rotatable bonds is 8. The van der Waals surface area contributed by atoms with Crippen molar-refractivity contribution < 1.29 is 14.2 Å². The van der Waals surface area contributed by atoms with E-state index in [1.165, 1.54) is 5.56 Å². The molecule has 3 aromatic rings. The lowest BCUT2D eigenvalue weighted by molar-refractivity contribution is 0.303. The molecule has 0 fully saturated rings. The number of methoxy groups -OCH3 is 2. The molecule has 0 amide bonds. The van der Waals surface area contributed by atoms with Crippen LogP contribution in [0.25, 0.3) is 6.08 Å². The monoisotopic (exact) mass is 360 g/mol. The molecule has 138 valence electrons. The lowest BCUT2D eigenvalue weighted by Crippen LogP contribution is -2.00. The van der Waals surface area contributed by atoms with E-state index in [0.29, 0.717) is 6.61 Å². The Hall–Kier alpha value is -3.20. The molecule has 0 aliphatic carbocycles. The Bertz CT molecular complexity index is 868. The highest BCUT2D eigenvalue weighted by Gasteiger charge is 2.07. The Kier molecular flexibility index (Phi) is 6.53. The molecule has 0 spiro atoms. The van der Waals surface area contributed by atoms with Gasteiger partial charge in [0.05, 0.1) is 20.5 Å². The van der Waals surface area contributed by atoms with Crippen LogP contribution in [0, 0.1) is 0 Å². The van der Waals surface area contributed by atoms with E-state index in [2.05, 4.69) is 42.5 Å². The van der Waals surface area contributed by atoms with Crippen LogP contribution in [0.3, 0.4) is 0 Å². The van der Waals surface area contributed by atoms with Gasteiger partial charge < -0.3 is 14.2 Å². The molecule has 0 heterocycles. The molecule has 0 atom stereocenters. The number of ether oxygens (including phenoxy) is 3. The number of hydrogen-bond donors (Lipinski definition) is 0. The second-order valence-electron chi connectivity index (χ2n) is 6.20. The van der Waals surface area contributed by atoms with Gasteiger partial charge in [0, 0.05) is 6.42 Å². The molecule has 0 aromatic heterocycles. The van der Waals surface area contributed by atoms with E-state index < -0.39 is 0 Å². The first kappa shape index (κ1) is 18.6. The zero-order valence-corrected chi connectivity index (χ0v) is 15.7. The summed E-state index contributed by atoms with van der Waals surface area (Å²) in [4.78, 5) is 0. The van der Waals surface area contributed by atoms with Gasteiger partial charge in [-0.05, 0) is 46.5 Å². The van der Waals surface area contributed by atoms with Gasteiger partial charge >= 0.3 is 0 Å². The van der Waals surface area contributed by atoms with Crippen molar-refractivity contribution in [3.63, 3.8) is 0 Å². The average Bonchev–Trinajstić information content (AvgIpc) is 2.73. The molecule has 3 aromatic carbocycles. The van der Waals surface area contributed by atoms with Crippen molar-refractivity contribution >= 4 is 6.08 Å². The van der Waals surface area contributed by atoms with Crippen LogP contribution in [0.5, 0.6) is 11.5 Å². The summed E-state index contributed by atoms with van der Waals surface area (Å²) in [6.07, 6.45) is 4.38. The van der Waals surface area contributed by atoms with E-state index >= 15 is 0 Å². The third-order valence-electron chi connectivity index (χ3n) is 4.28. The first-order valence-corrected chi connectivity index (χ1v) is 8.90. The second kappa shape index (κ2) is 9.48. The Morgan fingerprint density at radius 1 is 0.815 bits per heavy atom. The molecule has 3 rings (SSSR count). The van der Waals surface area contributed by atoms with Crippen LogP contribution in [0.2, 0.25) is 0 Å². The molecular weight excluding hydrogens is 336 g/mol. The predicted molar refractivity (Wildman–Crippen MR) is 109 cm³/mol. The van der Waals surface area contributed by atoms with Crippen molar-refractivity contribution in [1.29, 1.82) is 0 Å². The van der Waals surface area contributed by atoms with E-state index in [-0.39, 0.29) is 0 Å². The maximum Gasteiger partial charge on any atom is 0.123 e. The molecule has 0 bridgehead atoms. The predicted octanol–water partition coefficient (Wildman–Crippen LogP) is 5.48. The summed E-state index contributed by atoms with van der Waals surface area (Å²) in [6.45, 7) is 0.536. The zero-order valence-electron chi connectivity index (χ0n) is 15.7. The molecule has 3 heteroatoms. The molecule has 0 aliphatic heterocycles. The minimum Gasteiger partial charge on any atom is -0.504 e. The molecule has 3 nitrogen and oxygen atoms in total. The number of hydrogen-bond acceptors (Lipinski definition) is 3. The van der Waals surface area contributed by atoms with Crippen LogP contribution in [0.4, 0.5) is 0 Å². The van der Waals surface area contributed by atoms with E-state index in [9.17, 15) is 0 Å². The summed E-state index contributed by atoms with van der Waals surface area (Å²) in [7, 11) is 3.32. The van der Waals surface area contributed by atoms with Gasteiger partial charge in [-0.1, -0.05) is 54.6 Å². The summed E-state index contributed by atoms with van der Waals surface area (Å²) in [5, 5.41) is 0.